The Labute approximate surface area is 144 Å². The SMILES string of the molecule is CC(C)Oc1ccc(Cl)cc1CNc1cc(Cl)c(O)c(Cl)c1. The van der Waals surface area contributed by atoms with E-state index in [1.165, 1.54) is 0 Å². The molecule has 0 aliphatic rings. The molecule has 0 bridgehead atoms. The van der Waals surface area contributed by atoms with Crippen molar-refractivity contribution in [2.75, 3.05) is 5.32 Å². The van der Waals surface area contributed by atoms with Crippen molar-refractivity contribution in [2.45, 2.75) is 26.5 Å². The lowest BCUT2D eigenvalue weighted by molar-refractivity contribution is 0.240. The Morgan fingerprint density at radius 2 is 1.73 bits per heavy atom. The van der Waals surface area contributed by atoms with Crippen LogP contribution < -0.4 is 10.1 Å². The van der Waals surface area contributed by atoms with Crippen LogP contribution in [0.3, 0.4) is 0 Å². The quantitative estimate of drug-likeness (QED) is 0.667. The molecule has 0 aromatic heterocycles. The Balaban J connectivity index is 2.19. The van der Waals surface area contributed by atoms with Gasteiger partial charge in [0, 0.05) is 22.8 Å². The van der Waals surface area contributed by atoms with Crippen molar-refractivity contribution in [2.24, 2.45) is 0 Å². The van der Waals surface area contributed by atoms with Crippen molar-refractivity contribution in [1.29, 1.82) is 0 Å². The van der Waals surface area contributed by atoms with Gasteiger partial charge in [-0.1, -0.05) is 34.8 Å². The molecule has 2 N–H and O–H groups in total. The zero-order valence-corrected chi connectivity index (χ0v) is 14.4. The van der Waals surface area contributed by atoms with Crippen molar-refractivity contribution < 1.29 is 9.84 Å². The fourth-order valence-electron chi connectivity index (χ4n) is 1.92. The van der Waals surface area contributed by atoms with Crippen LogP contribution in [0.4, 0.5) is 5.69 Å². The molecule has 0 amide bonds. The summed E-state index contributed by atoms with van der Waals surface area (Å²) in [5.41, 5.74) is 1.62. The van der Waals surface area contributed by atoms with Gasteiger partial charge < -0.3 is 15.2 Å². The Hall–Kier alpha value is -1.29. The molecule has 0 unspecified atom stereocenters. The predicted molar refractivity (Wildman–Crippen MR) is 92.7 cm³/mol. The summed E-state index contributed by atoms with van der Waals surface area (Å²) in [5, 5.41) is 13.8. The van der Waals surface area contributed by atoms with E-state index in [0.717, 1.165) is 11.3 Å². The molecule has 2 aromatic rings. The molecule has 0 heterocycles. The molecule has 3 nitrogen and oxygen atoms in total. The maximum atomic E-state index is 9.57. The first-order valence-corrected chi connectivity index (χ1v) is 7.87. The molecular weight excluding hydrogens is 345 g/mol. The average Bonchev–Trinajstić information content (AvgIpc) is 2.44. The lowest BCUT2D eigenvalue weighted by Gasteiger charge is -2.16. The number of phenols is 1. The van der Waals surface area contributed by atoms with Gasteiger partial charge in [0.05, 0.1) is 16.1 Å². The number of phenolic OH excluding ortho intramolecular Hbond substituents is 1. The molecule has 0 aliphatic heterocycles. The molecule has 118 valence electrons. The van der Waals surface area contributed by atoms with E-state index in [0.29, 0.717) is 17.3 Å². The largest absolute Gasteiger partial charge is 0.505 e. The summed E-state index contributed by atoms with van der Waals surface area (Å²) in [4.78, 5) is 0. The van der Waals surface area contributed by atoms with E-state index in [1.54, 1.807) is 18.2 Å². The molecule has 2 aromatic carbocycles. The van der Waals surface area contributed by atoms with Gasteiger partial charge in [0.25, 0.3) is 0 Å². The molecule has 0 spiro atoms. The van der Waals surface area contributed by atoms with E-state index in [2.05, 4.69) is 5.32 Å². The number of aromatic hydroxyl groups is 1. The highest BCUT2D eigenvalue weighted by atomic mass is 35.5. The van der Waals surface area contributed by atoms with Gasteiger partial charge in [-0.15, -0.1) is 0 Å². The van der Waals surface area contributed by atoms with E-state index < -0.39 is 0 Å². The molecule has 0 saturated carbocycles. The average molecular weight is 361 g/mol. The van der Waals surface area contributed by atoms with Crippen LogP contribution in [0.2, 0.25) is 15.1 Å². The van der Waals surface area contributed by atoms with Crippen LogP contribution in [0.1, 0.15) is 19.4 Å². The van der Waals surface area contributed by atoms with Crippen molar-refractivity contribution in [3.05, 3.63) is 51.0 Å². The number of benzene rings is 2. The third-order valence-electron chi connectivity index (χ3n) is 2.89. The highest BCUT2D eigenvalue weighted by Crippen LogP contribution is 2.35. The van der Waals surface area contributed by atoms with E-state index in [-0.39, 0.29) is 21.9 Å². The smallest absolute Gasteiger partial charge is 0.152 e. The van der Waals surface area contributed by atoms with Gasteiger partial charge in [-0.3, -0.25) is 0 Å². The van der Waals surface area contributed by atoms with Crippen LogP contribution >= 0.6 is 34.8 Å². The van der Waals surface area contributed by atoms with Gasteiger partial charge in [-0.2, -0.15) is 0 Å². The fourth-order valence-corrected chi connectivity index (χ4v) is 2.60. The standard InChI is InChI=1S/C16H16Cl3NO2/c1-9(2)22-15-4-3-11(17)5-10(15)8-20-12-6-13(18)16(21)14(19)7-12/h3-7,9,20-21H,8H2,1-2H3. The molecule has 0 radical (unpaired) electrons. The molecule has 22 heavy (non-hydrogen) atoms. The summed E-state index contributed by atoms with van der Waals surface area (Å²) in [6.45, 7) is 4.41. The number of nitrogens with one attached hydrogen (secondary N) is 1. The summed E-state index contributed by atoms with van der Waals surface area (Å²) >= 11 is 17.9. The van der Waals surface area contributed by atoms with Crippen LogP contribution in [0.15, 0.2) is 30.3 Å². The molecule has 0 atom stereocenters. The minimum Gasteiger partial charge on any atom is -0.505 e. The van der Waals surface area contributed by atoms with E-state index in [4.69, 9.17) is 39.5 Å². The number of halogens is 3. The summed E-state index contributed by atoms with van der Waals surface area (Å²) in [7, 11) is 0. The monoisotopic (exact) mass is 359 g/mol. The topological polar surface area (TPSA) is 41.5 Å². The van der Waals surface area contributed by atoms with Gasteiger partial charge >= 0.3 is 0 Å². The first-order valence-electron chi connectivity index (χ1n) is 6.73. The van der Waals surface area contributed by atoms with Crippen molar-refractivity contribution in [1.82, 2.24) is 0 Å². The first kappa shape index (κ1) is 17.1. The van der Waals surface area contributed by atoms with Gasteiger partial charge in [0.2, 0.25) is 0 Å². The van der Waals surface area contributed by atoms with Crippen molar-refractivity contribution >= 4 is 40.5 Å². The Morgan fingerprint density at radius 1 is 1.09 bits per heavy atom. The fraction of sp³-hybridized carbons (Fsp3) is 0.250. The third kappa shape index (κ3) is 4.35. The second-order valence-electron chi connectivity index (χ2n) is 5.06. The number of hydrogen-bond acceptors (Lipinski definition) is 3. The van der Waals surface area contributed by atoms with Gasteiger partial charge in [0.15, 0.2) is 5.75 Å². The van der Waals surface area contributed by atoms with Crippen molar-refractivity contribution in [3.8, 4) is 11.5 Å². The Morgan fingerprint density at radius 3 is 2.32 bits per heavy atom. The van der Waals surface area contributed by atoms with Crippen LogP contribution in [0.5, 0.6) is 11.5 Å². The molecule has 0 fully saturated rings. The highest BCUT2D eigenvalue weighted by molar-refractivity contribution is 6.37. The summed E-state index contributed by atoms with van der Waals surface area (Å²) in [6.07, 6.45) is 0.0671. The first-order chi connectivity index (χ1) is 10.4. The van der Waals surface area contributed by atoms with Crippen LogP contribution in [-0.2, 0) is 6.54 Å². The van der Waals surface area contributed by atoms with Gasteiger partial charge in [-0.25, -0.2) is 0 Å². The second kappa shape index (κ2) is 7.32. The lowest BCUT2D eigenvalue weighted by atomic mass is 10.2. The normalized spacial score (nSPS) is 10.8. The maximum absolute atomic E-state index is 9.57. The number of rotatable bonds is 5. The molecule has 0 aliphatic carbocycles. The lowest BCUT2D eigenvalue weighted by Crippen LogP contribution is -2.09. The minimum atomic E-state index is -0.125. The third-order valence-corrected chi connectivity index (χ3v) is 3.70. The molecule has 6 heteroatoms. The summed E-state index contributed by atoms with van der Waals surface area (Å²) in [5.74, 6) is 0.642. The van der Waals surface area contributed by atoms with E-state index in [1.807, 2.05) is 26.0 Å². The van der Waals surface area contributed by atoms with Crippen molar-refractivity contribution in [3.63, 3.8) is 0 Å². The van der Waals surface area contributed by atoms with E-state index in [9.17, 15) is 5.11 Å². The molecular formula is C16H16Cl3NO2. The summed E-state index contributed by atoms with van der Waals surface area (Å²) < 4.78 is 5.76. The minimum absolute atomic E-state index is 0.0671. The molecule has 0 saturated heterocycles. The zero-order chi connectivity index (χ0) is 16.3. The highest BCUT2D eigenvalue weighted by Gasteiger charge is 2.09. The van der Waals surface area contributed by atoms with Crippen LogP contribution in [0.25, 0.3) is 0 Å². The zero-order valence-electron chi connectivity index (χ0n) is 12.2. The number of hydrogen-bond donors (Lipinski definition) is 2. The summed E-state index contributed by atoms with van der Waals surface area (Å²) in [6, 6.07) is 8.69. The molecule has 2 rings (SSSR count). The van der Waals surface area contributed by atoms with Crippen LogP contribution in [-0.4, -0.2) is 11.2 Å². The van der Waals surface area contributed by atoms with Gasteiger partial charge in [-0.05, 0) is 44.2 Å². The Kier molecular flexibility index (Phi) is 5.68. The number of anilines is 1. The predicted octanol–water partition coefficient (Wildman–Crippen LogP) is 5.75. The maximum Gasteiger partial charge on any atom is 0.152 e. The van der Waals surface area contributed by atoms with Gasteiger partial charge in [0.1, 0.15) is 5.75 Å². The Bertz CT molecular complexity index is 651. The van der Waals surface area contributed by atoms with Crippen LogP contribution in [0, 0.1) is 0 Å². The number of ether oxygens (including phenoxy) is 1. The van der Waals surface area contributed by atoms with E-state index >= 15 is 0 Å². The second-order valence-corrected chi connectivity index (χ2v) is 6.31.